The molecule has 1 aromatic rings. The number of hydrogen-bond donors (Lipinski definition) is 0. The molecule has 0 aliphatic carbocycles. The van der Waals surface area contributed by atoms with E-state index in [1.54, 1.807) is 17.2 Å². The zero-order valence-electron chi connectivity index (χ0n) is 12.9. The summed E-state index contributed by atoms with van der Waals surface area (Å²) in [6.07, 6.45) is 5.82. The maximum absolute atomic E-state index is 12.8. The van der Waals surface area contributed by atoms with Gasteiger partial charge in [-0.15, -0.1) is 0 Å². The van der Waals surface area contributed by atoms with Crippen LogP contribution in [0.5, 0.6) is 0 Å². The third kappa shape index (κ3) is 2.12. The Morgan fingerprint density at radius 3 is 3.13 bits per heavy atom. The van der Waals surface area contributed by atoms with Crippen molar-refractivity contribution < 1.29 is 23.5 Å². The maximum Gasteiger partial charge on any atom is 0.312 e. The van der Waals surface area contributed by atoms with Crippen molar-refractivity contribution in [2.75, 3.05) is 13.2 Å². The molecule has 1 amide bonds. The number of fused-ring (bicyclic) bond motifs is 1. The molecule has 0 N–H and O–H groups in total. The minimum absolute atomic E-state index is 0.0632. The molecule has 1 spiro atoms. The highest BCUT2D eigenvalue weighted by atomic mass is 16.6. The van der Waals surface area contributed by atoms with Crippen molar-refractivity contribution in [3.05, 3.63) is 36.3 Å². The lowest BCUT2D eigenvalue weighted by molar-refractivity contribution is -0.153. The summed E-state index contributed by atoms with van der Waals surface area (Å²) in [5.41, 5.74) is -0.690. The largest absolute Gasteiger partial charge is 0.467 e. The molecular weight excluding hydrogens is 298 g/mol. The van der Waals surface area contributed by atoms with Crippen LogP contribution in [0.2, 0.25) is 0 Å². The van der Waals surface area contributed by atoms with Gasteiger partial charge in [0.2, 0.25) is 5.91 Å². The van der Waals surface area contributed by atoms with Gasteiger partial charge >= 0.3 is 5.97 Å². The molecule has 122 valence electrons. The quantitative estimate of drug-likeness (QED) is 0.608. The lowest BCUT2D eigenvalue weighted by atomic mass is 9.77. The number of carbonyl (C=O) groups excluding carboxylic acids is 2. The summed E-state index contributed by atoms with van der Waals surface area (Å²) in [5.74, 6) is -0.705. The number of amides is 1. The number of hydrogen-bond acceptors (Lipinski definition) is 5. The molecule has 2 saturated heterocycles. The topological polar surface area (TPSA) is 69.0 Å². The number of ether oxygens (including phenoxy) is 2. The highest BCUT2D eigenvalue weighted by molar-refractivity contribution is 5.91. The van der Waals surface area contributed by atoms with E-state index in [2.05, 4.69) is 0 Å². The van der Waals surface area contributed by atoms with Crippen molar-refractivity contribution in [1.82, 2.24) is 4.90 Å². The van der Waals surface area contributed by atoms with E-state index < -0.39 is 17.4 Å². The van der Waals surface area contributed by atoms with Gasteiger partial charge in [-0.3, -0.25) is 9.59 Å². The molecule has 4 atom stereocenters. The Kier molecular flexibility index (Phi) is 3.30. The van der Waals surface area contributed by atoms with Gasteiger partial charge in [0.25, 0.3) is 0 Å². The maximum atomic E-state index is 12.8. The van der Waals surface area contributed by atoms with Crippen LogP contribution in [0.1, 0.15) is 19.1 Å². The van der Waals surface area contributed by atoms with Crippen molar-refractivity contribution in [1.29, 1.82) is 0 Å². The van der Waals surface area contributed by atoms with Crippen LogP contribution >= 0.6 is 0 Å². The van der Waals surface area contributed by atoms with Crippen LogP contribution < -0.4 is 0 Å². The van der Waals surface area contributed by atoms with E-state index in [0.29, 0.717) is 19.7 Å². The Bertz CT molecular complexity index is 652. The SMILES string of the molecule is CCCOC(=O)C1[C@H]2C(=O)N(Cc3ccco3)C[C@]23C=C[C@H]1O3. The predicted octanol–water partition coefficient (Wildman–Crippen LogP) is 1.51. The lowest BCUT2D eigenvalue weighted by Crippen LogP contribution is -2.40. The van der Waals surface area contributed by atoms with Gasteiger partial charge in [-0.05, 0) is 18.6 Å². The van der Waals surface area contributed by atoms with E-state index >= 15 is 0 Å². The minimum Gasteiger partial charge on any atom is -0.467 e. The molecule has 1 unspecified atom stereocenters. The second kappa shape index (κ2) is 5.23. The first-order valence-corrected chi connectivity index (χ1v) is 7.99. The highest BCUT2D eigenvalue weighted by Gasteiger charge is 2.67. The molecule has 6 nitrogen and oxygen atoms in total. The van der Waals surface area contributed by atoms with E-state index in [9.17, 15) is 9.59 Å². The summed E-state index contributed by atoms with van der Waals surface area (Å²) in [7, 11) is 0. The monoisotopic (exact) mass is 317 g/mol. The molecule has 4 heterocycles. The average Bonchev–Trinajstić information content (AvgIpc) is 3.28. The molecule has 0 radical (unpaired) electrons. The summed E-state index contributed by atoms with van der Waals surface area (Å²) in [6.45, 7) is 3.15. The fraction of sp³-hybridized carbons (Fsp3) is 0.529. The first-order valence-electron chi connectivity index (χ1n) is 7.99. The zero-order chi connectivity index (χ0) is 16.0. The summed E-state index contributed by atoms with van der Waals surface area (Å²) < 4.78 is 16.6. The van der Waals surface area contributed by atoms with E-state index in [-0.39, 0.29) is 18.0 Å². The van der Waals surface area contributed by atoms with Crippen molar-refractivity contribution >= 4 is 11.9 Å². The van der Waals surface area contributed by atoms with Crippen LogP contribution in [0.3, 0.4) is 0 Å². The summed E-state index contributed by atoms with van der Waals surface area (Å²) in [6, 6.07) is 3.63. The molecule has 2 bridgehead atoms. The lowest BCUT2D eigenvalue weighted by Gasteiger charge is -2.22. The fourth-order valence-corrected chi connectivity index (χ4v) is 3.87. The first kappa shape index (κ1) is 14.5. The normalized spacial score (nSPS) is 34.2. The molecule has 3 aliphatic heterocycles. The van der Waals surface area contributed by atoms with Crippen LogP contribution in [0.25, 0.3) is 0 Å². The van der Waals surface area contributed by atoms with Gasteiger partial charge in [0.15, 0.2) is 0 Å². The molecule has 3 aliphatic rings. The van der Waals surface area contributed by atoms with Crippen LogP contribution in [-0.4, -0.2) is 41.6 Å². The van der Waals surface area contributed by atoms with Crippen LogP contribution in [0.15, 0.2) is 35.0 Å². The second-order valence-corrected chi connectivity index (χ2v) is 6.34. The van der Waals surface area contributed by atoms with Crippen molar-refractivity contribution in [3.63, 3.8) is 0 Å². The smallest absolute Gasteiger partial charge is 0.312 e. The molecular formula is C17H19NO5. The Morgan fingerprint density at radius 2 is 2.39 bits per heavy atom. The van der Waals surface area contributed by atoms with E-state index in [1.165, 1.54) is 0 Å². The number of carbonyl (C=O) groups is 2. The van der Waals surface area contributed by atoms with Gasteiger partial charge in [0, 0.05) is 0 Å². The Morgan fingerprint density at radius 1 is 1.52 bits per heavy atom. The number of esters is 1. The van der Waals surface area contributed by atoms with Gasteiger partial charge in [-0.1, -0.05) is 19.1 Å². The molecule has 6 heteroatoms. The van der Waals surface area contributed by atoms with Crippen LogP contribution in [0.4, 0.5) is 0 Å². The number of furan rings is 1. The van der Waals surface area contributed by atoms with Gasteiger partial charge in [0.05, 0.1) is 38.0 Å². The summed E-state index contributed by atoms with van der Waals surface area (Å²) >= 11 is 0. The average molecular weight is 317 g/mol. The minimum atomic E-state index is -0.690. The van der Waals surface area contributed by atoms with E-state index in [0.717, 1.165) is 12.2 Å². The fourth-order valence-electron chi connectivity index (χ4n) is 3.87. The molecule has 4 rings (SSSR count). The number of nitrogens with zero attached hydrogens (tertiary/aromatic N) is 1. The molecule has 23 heavy (non-hydrogen) atoms. The number of rotatable bonds is 5. The van der Waals surface area contributed by atoms with Gasteiger partial charge in [-0.2, -0.15) is 0 Å². The molecule has 0 aromatic carbocycles. The van der Waals surface area contributed by atoms with Crippen molar-refractivity contribution in [3.8, 4) is 0 Å². The molecule has 1 aromatic heterocycles. The molecule has 2 fully saturated rings. The van der Waals surface area contributed by atoms with Crippen molar-refractivity contribution in [2.24, 2.45) is 11.8 Å². The first-order chi connectivity index (χ1) is 11.1. The van der Waals surface area contributed by atoms with E-state index in [4.69, 9.17) is 13.9 Å². The second-order valence-electron chi connectivity index (χ2n) is 6.34. The molecule has 0 saturated carbocycles. The van der Waals surface area contributed by atoms with Crippen LogP contribution in [0, 0.1) is 11.8 Å². The standard InChI is InChI=1S/C17H19NO5/c1-2-7-22-16(20)13-12-5-6-17(23-12)10-18(15(19)14(13)17)9-11-4-3-8-21-11/h3-6,8,12-14H,2,7,9-10H2,1H3/t12-,13?,14+,17-/m1/s1. The Hall–Kier alpha value is -2.08. The summed E-state index contributed by atoms with van der Waals surface area (Å²) in [4.78, 5) is 26.9. The van der Waals surface area contributed by atoms with Gasteiger partial charge in [0.1, 0.15) is 17.3 Å². The Labute approximate surface area is 134 Å². The zero-order valence-corrected chi connectivity index (χ0v) is 12.9. The highest BCUT2D eigenvalue weighted by Crippen LogP contribution is 2.52. The third-order valence-electron chi connectivity index (χ3n) is 4.83. The van der Waals surface area contributed by atoms with Gasteiger partial charge in [-0.25, -0.2) is 0 Å². The summed E-state index contributed by atoms with van der Waals surface area (Å²) in [5, 5.41) is 0. The predicted molar refractivity (Wildman–Crippen MR) is 79.1 cm³/mol. The van der Waals surface area contributed by atoms with Gasteiger partial charge < -0.3 is 18.8 Å². The van der Waals surface area contributed by atoms with E-state index in [1.807, 2.05) is 25.1 Å². The third-order valence-corrected chi connectivity index (χ3v) is 4.83. The van der Waals surface area contributed by atoms with Crippen molar-refractivity contribution in [2.45, 2.75) is 31.6 Å². The Balaban J connectivity index is 1.57. The van der Waals surface area contributed by atoms with Crippen LogP contribution in [-0.2, 0) is 25.6 Å². The number of likely N-dealkylation sites (tertiary alicyclic amines) is 1.